The fraction of sp³-hybridized carbons (Fsp3) is 0.571. The molecule has 0 bridgehead atoms. The first-order chi connectivity index (χ1) is 24.1. The highest BCUT2D eigenvalue weighted by Crippen LogP contribution is 2.39. The summed E-state index contributed by atoms with van der Waals surface area (Å²) in [5.41, 5.74) is -1.68. The van der Waals surface area contributed by atoms with Gasteiger partial charge in [-0.15, -0.1) is 0 Å². The Balaban J connectivity index is 1.42. The van der Waals surface area contributed by atoms with Gasteiger partial charge in [0.05, 0.1) is 29.8 Å². The summed E-state index contributed by atoms with van der Waals surface area (Å²) >= 11 is 0. The van der Waals surface area contributed by atoms with Gasteiger partial charge in [0.25, 0.3) is 0 Å². The maximum Gasteiger partial charge on any atom is 0.416 e. The lowest BCUT2D eigenvalue weighted by Crippen LogP contribution is -2.57. The van der Waals surface area contributed by atoms with Gasteiger partial charge in [0.2, 0.25) is 5.95 Å². The molecule has 51 heavy (non-hydrogen) atoms. The highest BCUT2D eigenvalue weighted by atomic mass is 19.4. The highest BCUT2D eigenvalue weighted by Gasteiger charge is 2.42. The van der Waals surface area contributed by atoms with E-state index in [4.69, 9.17) is 4.74 Å². The number of carbonyl (C=O) groups is 2. The quantitative estimate of drug-likeness (QED) is 0.210. The summed E-state index contributed by atoms with van der Waals surface area (Å²) in [5, 5.41) is 13.4. The largest absolute Gasteiger partial charge is 0.481 e. The Morgan fingerprint density at radius 3 is 1.92 bits per heavy atom. The van der Waals surface area contributed by atoms with Crippen LogP contribution in [0, 0.1) is 11.8 Å². The van der Waals surface area contributed by atoms with Crippen molar-refractivity contribution in [1.29, 1.82) is 0 Å². The molecule has 0 radical (unpaired) electrons. The minimum absolute atomic E-state index is 0.0542. The van der Waals surface area contributed by atoms with E-state index in [1.807, 2.05) is 13.8 Å². The van der Waals surface area contributed by atoms with Crippen molar-refractivity contribution in [2.45, 2.75) is 102 Å². The van der Waals surface area contributed by atoms with Crippen LogP contribution in [0.25, 0.3) is 11.1 Å². The van der Waals surface area contributed by atoms with Gasteiger partial charge in [-0.3, -0.25) is 9.48 Å². The molecule has 10 nitrogen and oxygen atoms in total. The van der Waals surface area contributed by atoms with E-state index >= 15 is 0 Å². The molecule has 2 atom stereocenters. The first-order valence-corrected chi connectivity index (χ1v) is 17.1. The third kappa shape index (κ3) is 9.11. The highest BCUT2D eigenvalue weighted by molar-refractivity contribution is 5.70. The summed E-state index contributed by atoms with van der Waals surface area (Å²) in [7, 11) is 1.74. The van der Waals surface area contributed by atoms with E-state index in [1.54, 1.807) is 33.9 Å². The number of carboxylic acids is 1. The van der Waals surface area contributed by atoms with E-state index in [0.29, 0.717) is 56.9 Å². The molecule has 2 aliphatic rings. The summed E-state index contributed by atoms with van der Waals surface area (Å²) in [5.74, 6) is -1.03. The SMILES string of the molecule is CCC1CC(N(Cc2cc(C(F)(F)F)cc(C(F)(F)F)c2)c2ncc(-c3cnn(C)c3)cn2)CC(CC)N1C(=O)OCC1CCC(C(=O)O)CC1. The molecule has 1 saturated heterocycles. The van der Waals surface area contributed by atoms with Gasteiger partial charge >= 0.3 is 24.4 Å². The lowest BCUT2D eigenvalue weighted by molar-refractivity contribution is -0.144. The third-order valence-electron chi connectivity index (χ3n) is 10.0. The van der Waals surface area contributed by atoms with Crippen LogP contribution in [-0.4, -0.2) is 66.5 Å². The van der Waals surface area contributed by atoms with Crippen LogP contribution >= 0.6 is 0 Å². The number of nitrogens with zero attached hydrogens (tertiary/aromatic N) is 6. The van der Waals surface area contributed by atoms with Crippen LogP contribution in [0.15, 0.2) is 43.0 Å². The zero-order valence-corrected chi connectivity index (χ0v) is 28.6. The number of likely N-dealkylation sites (tertiary alicyclic amines) is 1. The predicted octanol–water partition coefficient (Wildman–Crippen LogP) is 7.97. The van der Waals surface area contributed by atoms with Crippen molar-refractivity contribution in [2.24, 2.45) is 18.9 Å². The fourth-order valence-corrected chi connectivity index (χ4v) is 7.23. The van der Waals surface area contributed by atoms with Crippen molar-refractivity contribution >= 4 is 18.0 Å². The standard InChI is InChI=1S/C35H42F6N6O4/c1-4-28-13-30(14-29(5-2)47(28)33(50)51-20-21-6-8-23(9-7-21)31(48)49)46(32-42-15-24(16-43-32)25-17-44-45(3)19-25)18-22-10-26(34(36,37)38)12-27(11-22)35(39,40)41/h10-12,15-17,19,21,23,28-30H,4-9,13-14,18,20H2,1-3H3,(H,48,49). The van der Waals surface area contributed by atoms with Gasteiger partial charge in [0.1, 0.15) is 0 Å². The number of ether oxygens (including phenoxy) is 1. The molecule has 2 aromatic heterocycles. The number of aromatic nitrogens is 4. The maximum absolute atomic E-state index is 13.8. The minimum Gasteiger partial charge on any atom is -0.481 e. The number of amides is 1. The van der Waals surface area contributed by atoms with Crippen molar-refractivity contribution in [2.75, 3.05) is 11.5 Å². The van der Waals surface area contributed by atoms with Crippen LogP contribution < -0.4 is 4.90 Å². The Bertz CT molecular complexity index is 1610. The normalized spacial score (nSPS) is 22.8. The molecule has 1 aliphatic heterocycles. The smallest absolute Gasteiger partial charge is 0.416 e. The molecule has 2 fully saturated rings. The fourth-order valence-electron chi connectivity index (χ4n) is 7.23. The number of anilines is 1. The van der Waals surface area contributed by atoms with E-state index in [1.165, 1.54) is 12.4 Å². The van der Waals surface area contributed by atoms with E-state index in [9.17, 15) is 41.0 Å². The third-order valence-corrected chi connectivity index (χ3v) is 10.0. The van der Waals surface area contributed by atoms with Crippen LogP contribution in [0.5, 0.6) is 0 Å². The van der Waals surface area contributed by atoms with E-state index in [0.717, 1.165) is 17.7 Å². The van der Waals surface area contributed by atoms with Gasteiger partial charge in [-0.1, -0.05) is 13.8 Å². The number of piperidine rings is 1. The average molecular weight is 725 g/mol. The second kappa shape index (κ2) is 15.5. The summed E-state index contributed by atoms with van der Waals surface area (Å²) in [6, 6.07) is 0.383. The van der Waals surface area contributed by atoms with Crippen LogP contribution in [0.4, 0.5) is 37.1 Å². The van der Waals surface area contributed by atoms with E-state index in [2.05, 4.69) is 15.1 Å². The number of hydrogen-bond donors (Lipinski definition) is 1. The van der Waals surface area contributed by atoms with Gasteiger partial charge in [0, 0.05) is 61.4 Å². The van der Waals surface area contributed by atoms with Gasteiger partial charge in [-0.2, -0.15) is 31.4 Å². The number of benzene rings is 1. The number of aliphatic carboxylic acids is 1. The second-order valence-electron chi connectivity index (χ2n) is 13.5. The molecule has 278 valence electrons. The lowest BCUT2D eigenvalue weighted by atomic mass is 9.82. The molecule has 2 unspecified atom stereocenters. The molecule has 1 saturated carbocycles. The molecule has 3 heterocycles. The molecular formula is C35H42F6N6O4. The first-order valence-electron chi connectivity index (χ1n) is 17.1. The lowest BCUT2D eigenvalue weighted by Gasteiger charge is -2.47. The van der Waals surface area contributed by atoms with Crippen molar-refractivity contribution in [3.63, 3.8) is 0 Å². The van der Waals surface area contributed by atoms with Crippen molar-refractivity contribution in [1.82, 2.24) is 24.6 Å². The molecule has 0 spiro atoms. The van der Waals surface area contributed by atoms with E-state index in [-0.39, 0.29) is 54.6 Å². The second-order valence-corrected chi connectivity index (χ2v) is 13.5. The van der Waals surface area contributed by atoms with Crippen LogP contribution in [0.3, 0.4) is 0 Å². The first kappa shape index (κ1) is 37.9. The van der Waals surface area contributed by atoms with Gasteiger partial charge in [-0.05, 0) is 81.0 Å². The summed E-state index contributed by atoms with van der Waals surface area (Å²) in [4.78, 5) is 37.3. The summed E-state index contributed by atoms with van der Waals surface area (Å²) in [6.07, 6.45) is -0.0450. The zero-order valence-electron chi connectivity index (χ0n) is 28.6. The van der Waals surface area contributed by atoms with Crippen molar-refractivity contribution in [3.05, 3.63) is 59.7 Å². The Labute approximate surface area is 291 Å². The molecule has 1 N–H and O–H groups in total. The Morgan fingerprint density at radius 2 is 1.45 bits per heavy atom. The van der Waals surface area contributed by atoms with Gasteiger partial charge in [-0.25, -0.2) is 14.8 Å². The Kier molecular flexibility index (Phi) is 11.5. The van der Waals surface area contributed by atoms with Crippen molar-refractivity contribution < 1.29 is 45.8 Å². The van der Waals surface area contributed by atoms with Crippen LogP contribution in [-0.2, 0) is 35.5 Å². The monoisotopic (exact) mass is 724 g/mol. The van der Waals surface area contributed by atoms with Crippen molar-refractivity contribution in [3.8, 4) is 11.1 Å². The molecule has 16 heteroatoms. The van der Waals surface area contributed by atoms with Crippen LogP contribution in [0.1, 0.15) is 81.9 Å². The average Bonchev–Trinajstić information content (AvgIpc) is 3.54. The minimum atomic E-state index is -5.01. The molecule has 1 aromatic carbocycles. The number of alkyl halides is 6. The molecule has 3 aromatic rings. The summed E-state index contributed by atoms with van der Waals surface area (Å²) in [6.45, 7) is 3.62. The number of hydrogen-bond acceptors (Lipinski definition) is 7. The number of rotatable bonds is 10. The summed E-state index contributed by atoms with van der Waals surface area (Å²) < 4.78 is 90.3. The molecule has 1 amide bonds. The predicted molar refractivity (Wildman–Crippen MR) is 174 cm³/mol. The number of carboxylic acid groups (broad SMARTS) is 1. The van der Waals surface area contributed by atoms with Gasteiger partial charge in [0.15, 0.2) is 0 Å². The topological polar surface area (TPSA) is 114 Å². The Morgan fingerprint density at radius 1 is 0.882 bits per heavy atom. The number of aryl methyl sites for hydroxylation is 1. The molecule has 1 aliphatic carbocycles. The van der Waals surface area contributed by atoms with E-state index < -0.39 is 41.6 Å². The van der Waals surface area contributed by atoms with Gasteiger partial charge < -0.3 is 19.6 Å². The molecule has 5 rings (SSSR count). The maximum atomic E-state index is 13.8. The number of carbonyl (C=O) groups excluding carboxylic acids is 1. The molecular weight excluding hydrogens is 682 g/mol. The zero-order chi connectivity index (χ0) is 37.1. The Hall–Kier alpha value is -4.37. The number of halogens is 6. The van der Waals surface area contributed by atoms with Crippen LogP contribution in [0.2, 0.25) is 0 Å².